The Morgan fingerprint density at radius 3 is 2.56 bits per heavy atom. The molecule has 0 bridgehead atoms. The monoisotopic (exact) mass is 508 g/mol. The van der Waals surface area contributed by atoms with Crippen LogP contribution in [0.3, 0.4) is 0 Å². The molecule has 1 N–H and O–H groups in total. The quantitative estimate of drug-likeness (QED) is 0.570. The van der Waals surface area contributed by atoms with Crippen molar-refractivity contribution in [3.8, 4) is 11.5 Å². The summed E-state index contributed by atoms with van der Waals surface area (Å²) < 4.78 is 15.2. The van der Waals surface area contributed by atoms with Gasteiger partial charge in [0.25, 0.3) is 0 Å². The number of hydrogen-bond acceptors (Lipinski definition) is 8. The molecule has 0 spiro atoms. The van der Waals surface area contributed by atoms with E-state index in [0.29, 0.717) is 17.9 Å². The van der Waals surface area contributed by atoms with E-state index >= 15 is 0 Å². The van der Waals surface area contributed by atoms with Crippen LogP contribution in [0.15, 0.2) is 53.4 Å². The molecule has 34 heavy (non-hydrogen) atoms. The van der Waals surface area contributed by atoms with Gasteiger partial charge in [0, 0.05) is 37.9 Å². The van der Waals surface area contributed by atoms with Crippen LogP contribution in [-0.4, -0.2) is 80.4 Å². The van der Waals surface area contributed by atoms with Crippen molar-refractivity contribution in [2.45, 2.75) is 28.6 Å². The Kier molecular flexibility index (Phi) is 9.36. The number of hydrogen-bond donors (Lipinski definition) is 1. The highest BCUT2D eigenvalue weighted by atomic mass is 35.5. The van der Waals surface area contributed by atoms with Gasteiger partial charge in [0.1, 0.15) is 29.0 Å². The van der Waals surface area contributed by atoms with E-state index in [1.807, 2.05) is 18.2 Å². The van der Waals surface area contributed by atoms with E-state index < -0.39 is 16.8 Å². The molecule has 0 radical (unpaired) electrons. The average Bonchev–Trinajstić information content (AvgIpc) is 3.01. The molecule has 1 saturated heterocycles. The fourth-order valence-corrected chi connectivity index (χ4v) is 5.85. The molecular formula is C25H33ClN2O5S. The number of aliphatic hydroxyl groups excluding tert-OH is 1. The van der Waals surface area contributed by atoms with E-state index in [0.717, 1.165) is 44.0 Å². The highest BCUT2D eigenvalue weighted by Crippen LogP contribution is 2.47. The van der Waals surface area contributed by atoms with Crippen LogP contribution in [0, 0.1) is 0 Å². The molecule has 7 nitrogen and oxygen atoms in total. The molecule has 0 aliphatic carbocycles. The van der Waals surface area contributed by atoms with Crippen molar-refractivity contribution in [3.63, 3.8) is 0 Å². The number of ether oxygens (including phenoxy) is 3. The number of fused-ring (bicyclic) bond motifs is 1. The second-order valence-electron chi connectivity index (χ2n) is 8.39. The number of piperazine rings is 1. The normalized spacial score (nSPS) is 22.6. The van der Waals surface area contributed by atoms with Crippen LogP contribution in [-0.2, 0) is 9.53 Å². The lowest BCUT2D eigenvalue weighted by Crippen LogP contribution is -2.50. The number of rotatable bonds is 7. The molecule has 0 aromatic heterocycles. The summed E-state index contributed by atoms with van der Waals surface area (Å²) in [7, 11) is 2.97. The summed E-state index contributed by atoms with van der Waals surface area (Å²) in [5, 5.41) is 11.0. The maximum absolute atomic E-state index is 13.0. The minimum Gasteiger partial charge on any atom is -0.497 e. The molecule has 2 atom stereocenters. The lowest BCUT2D eigenvalue weighted by molar-refractivity contribution is -0.147. The maximum Gasteiger partial charge on any atom is 0.325 e. The average molecular weight is 509 g/mol. The Morgan fingerprint density at radius 1 is 1.15 bits per heavy atom. The topological polar surface area (TPSA) is 71.5 Å². The summed E-state index contributed by atoms with van der Waals surface area (Å²) in [5.41, 5.74) is 1.26. The van der Waals surface area contributed by atoms with Gasteiger partial charge in [-0.25, -0.2) is 0 Å². The second kappa shape index (κ2) is 12.0. The largest absolute Gasteiger partial charge is 0.497 e. The Hall–Kier alpha value is -2.13. The molecule has 0 saturated carbocycles. The van der Waals surface area contributed by atoms with E-state index in [1.165, 1.54) is 24.6 Å². The summed E-state index contributed by atoms with van der Waals surface area (Å²) in [4.78, 5) is 18.6. The van der Waals surface area contributed by atoms with Gasteiger partial charge in [0.05, 0.1) is 19.1 Å². The molecule has 2 aromatic carbocycles. The summed E-state index contributed by atoms with van der Waals surface area (Å²) in [6.45, 7) is 4.80. The maximum atomic E-state index is 13.0. The van der Waals surface area contributed by atoms with Gasteiger partial charge in [-0.1, -0.05) is 18.2 Å². The number of benzene rings is 2. The van der Waals surface area contributed by atoms with Crippen LogP contribution >= 0.6 is 24.2 Å². The molecular weight excluding hydrogens is 476 g/mol. The van der Waals surface area contributed by atoms with E-state index in [1.54, 1.807) is 13.2 Å². The van der Waals surface area contributed by atoms with Crippen molar-refractivity contribution in [2.24, 2.45) is 0 Å². The minimum absolute atomic E-state index is 0. The zero-order valence-electron chi connectivity index (χ0n) is 19.6. The van der Waals surface area contributed by atoms with Gasteiger partial charge in [0.2, 0.25) is 0 Å². The van der Waals surface area contributed by atoms with Crippen molar-refractivity contribution < 1.29 is 24.1 Å². The number of esters is 1. The first-order chi connectivity index (χ1) is 16.1. The summed E-state index contributed by atoms with van der Waals surface area (Å²) >= 11 is 1.34. The van der Waals surface area contributed by atoms with Gasteiger partial charge in [-0.15, -0.1) is 24.2 Å². The second-order valence-corrected chi connectivity index (χ2v) is 9.76. The van der Waals surface area contributed by atoms with Crippen LogP contribution in [0.5, 0.6) is 11.5 Å². The first-order valence-corrected chi connectivity index (χ1v) is 12.2. The number of methoxy groups -OCH3 is 2. The van der Waals surface area contributed by atoms with Crippen molar-refractivity contribution in [2.75, 3.05) is 58.5 Å². The fraction of sp³-hybridized carbons (Fsp3) is 0.480. The van der Waals surface area contributed by atoms with Crippen molar-refractivity contribution >= 4 is 35.8 Å². The molecule has 9 heteroatoms. The third-order valence-electron chi connectivity index (χ3n) is 6.43. The molecule has 2 heterocycles. The third-order valence-corrected chi connectivity index (χ3v) is 7.99. The van der Waals surface area contributed by atoms with Crippen molar-refractivity contribution in [3.05, 3.63) is 48.5 Å². The zero-order valence-corrected chi connectivity index (χ0v) is 21.3. The van der Waals surface area contributed by atoms with Gasteiger partial charge >= 0.3 is 5.97 Å². The van der Waals surface area contributed by atoms with Gasteiger partial charge in [-0.2, -0.15) is 0 Å². The molecule has 2 aliphatic heterocycles. The van der Waals surface area contributed by atoms with E-state index in [9.17, 15) is 9.90 Å². The minimum atomic E-state index is -1.11. The summed E-state index contributed by atoms with van der Waals surface area (Å²) in [5.74, 6) is 0.867. The van der Waals surface area contributed by atoms with Gasteiger partial charge in [-0.3, -0.25) is 9.69 Å². The predicted octanol–water partition coefficient (Wildman–Crippen LogP) is 3.48. The Labute approximate surface area is 211 Å². The number of carbonyl (C=O) groups is 1. The van der Waals surface area contributed by atoms with Gasteiger partial charge in [0.15, 0.2) is 0 Å². The van der Waals surface area contributed by atoms with Crippen LogP contribution in [0.25, 0.3) is 0 Å². The van der Waals surface area contributed by atoms with Crippen LogP contribution in [0.1, 0.15) is 12.8 Å². The first-order valence-electron chi connectivity index (χ1n) is 11.3. The molecule has 1 fully saturated rings. The van der Waals surface area contributed by atoms with Crippen LogP contribution in [0.2, 0.25) is 0 Å². The number of nitrogens with zero attached hydrogens (tertiary/aromatic N) is 2. The highest BCUT2D eigenvalue weighted by molar-refractivity contribution is 8.01. The molecule has 2 aliphatic rings. The summed E-state index contributed by atoms with van der Waals surface area (Å²) in [6, 6.07) is 16.0. The van der Waals surface area contributed by atoms with E-state index in [2.05, 4.69) is 34.1 Å². The van der Waals surface area contributed by atoms with Crippen LogP contribution < -0.4 is 14.4 Å². The Morgan fingerprint density at radius 2 is 1.88 bits per heavy atom. The number of anilines is 1. The molecule has 4 rings (SSSR count). The molecule has 186 valence electrons. The van der Waals surface area contributed by atoms with Crippen molar-refractivity contribution in [1.82, 2.24) is 4.90 Å². The highest BCUT2D eigenvalue weighted by Gasteiger charge is 2.49. The third kappa shape index (κ3) is 5.74. The number of aliphatic hydroxyl groups is 1. The van der Waals surface area contributed by atoms with E-state index in [4.69, 9.17) is 14.2 Å². The lowest BCUT2D eigenvalue weighted by atomic mass is 9.95. The van der Waals surface area contributed by atoms with E-state index in [-0.39, 0.29) is 19.0 Å². The zero-order chi connectivity index (χ0) is 23.3. The molecule has 2 aromatic rings. The fourth-order valence-electron chi connectivity index (χ4n) is 4.48. The first kappa shape index (κ1) is 26.5. The number of para-hydroxylation sites is 1. The van der Waals surface area contributed by atoms with Crippen LogP contribution in [0.4, 0.5) is 5.69 Å². The predicted molar refractivity (Wildman–Crippen MR) is 137 cm³/mol. The number of halogens is 1. The lowest BCUT2D eigenvalue weighted by Gasteiger charge is -2.37. The molecule has 2 unspecified atom stereocenters. The standard InChI is InChI=1S/C25H32N2O5S.ClH/c1-30-20-9-10-22-21(17-20)32-18-23(28)25(33-22,24(29)31-2)11-6-12-26-13-15-27(16-14-26)19-7-4-3-5-8-19;/h3-5,7-10,17,23,28H,6,11-16,18H2,1-2H3;1H. The smallest absolute Gasteiger partial charge is 0.325 e. The Balaban J connectivity index is 0.00000324. The van der Waals surface area contributed by atoms with Gasteiger partial charge < -0.3 is 24.2 Å². The SMILES string of the molecule is COC(=O)C1(CCCN2CCN(c3ccccc3)CC2)Sc2ccc(OC)cc2OCC1O.Cl. The number of carbonyl (C=O) groups excluding carboxylic acids is 1. The molecule has 0 amide bonds. The summed E-state index contributed by atoms with van der Waals surface area (Å²) in [6.07, 6.45) is 0.290. The number of thioether (sulfide) groups is 1. The van der Waals surface area contributed by atoms with Crippen molar-refractivity contribution in [1.29, 1.82) is 0 Å². The van der Waals surface area contributed by atoms with Gasteiger partial charge in [-0.05, 0) is 43.7 Å². The Bertz CT molecular complexity index is 942.